The molecule has 1 fully saturated rings. The van der Waals surface area contributed by atoms with E-state index in [-0.39, 0.29) is 9.92 Å². The fourth-order valence-electron chi connectivity index (χ4n) is 0.516. The summed E-state index contributed by atoms with van der Waals surface area (Å²) in [4.78, 5) is 3.20. The monoisotopic (exact) mass is 103 g/mol. The first-order chi connectivity index (χ1) is 3.00. The van der Waals surface area contributed by atoms with Crippen LogP contribution < -0.4 is 4.98 Å². The van der Waals surface area contributed by atoms with E-state index >= 15 is 0 Å². The third-order valence-corrected chi connectivity index (χ3v) is 1.90. The smallest absolute Gasteiger partial charge is 0.235 e. The first-order valence-corrected chi connectivity index (χ1v) is 3.57. The van der Waals surface area contributed by atoms with Gasteiger partial charge in [-0.05, 0) is 13.0 Å². The zero-order valence-electron chi connectivity index (χ0n) is 3.74. The molecular weight excluding hydrogens is 94.1 g/mol. The molecule has 0 aromatic carbocycles. The van der Waals surface area contributed by atoms with Gasteiger partial charge in [-0.1, -0.05) is 0 Å². The molecule has 0 unspecified atom stereocenters. The zero-order chi connectivity index (χ0) is 4.24. The van der Waals surface area contributed by atoms with Crippen molar-refractivity contribution in [2.24, 2.45) is 0 Å². The molecule has 1 aliphatic heterocycles. The Morgan fingerprint density at radius 1 is 1.67 bits per heavy atom. The highest BCUT2D eigenvalue weighted by Gasteiger charge is 1.94. The highest BCUT2D eigenvalue weighted by atomic mass is 28.2. The molecule has 0 aromatic heterocycles. The molecule has 1 rings (SSSR count). The van der Waals surface area contributed by atoms with E-state index in [1.807, 2.05) is 0 Å². The van der Waals surface area contributed by atoms with Crippen LogP contribution in [0.25, 0.3) is 0 Å². The lowest BCUT2D eigenvalue weighted by molar-refractivity contribution is 0.298. The van der Waals surface area contributed by atoms with Crippen LogP contribution >= 0.6 is 0 Å². The third kappa shape index (κ3) is 1.08. The Kier molecular flexibility index (Phi) is 1.67. The van der Waals surface area contributed by atoms with E-state index in [4.69, 9.17) is 4.43 Å². The van der Waals surface area contributed by atoms with Gasteiger partial charge in [-0.25, -0.2) is 0 Å². The van der Waals surface area contributed by atoms with Crippen LogP contribution in [0.2, 0.25) is 0 Å². The summed E-state index contributed by atoms with van der Waals surface area (Å²) in [5.41, 5.74) is 0. The van der Waals surface area contributed by atoms with Crippen LogP contribution in [0.3, 0.4) is 0 Å². The van der Waals surface area contributed by atoms with E-state index in [1.165, 1.54) is 13.0 Å². The van der Waals surface area contributed by atoms with Crippen molar-refractivity contribution in [2.75, 3.05) is 13.2 Å². The van der Waals surface area contributed by atoms with Gasteiger partial charge in [0.1, 0.15) is 0 Å². The summed E-state index contributed by atoms with van der Waals surface area (Å²) in [6.45, 7) is 2.19. The molecule has 0 saturated carbocycles. The van der Waals surface area contributed by atoms with E-state index in [9.17, 15) is 0 Å². The summed E-state index contributed by atoms with van der Waals surface area (Å²) in [7, 11) is -0.242. The molecule has 0 radical (unpaired) electrons. The first-order valence-electron chi connectivity index (χ1n) is 2.28. The lowest BCUT2D eigenvalue weighted by Gasteiger charge is -2.09. The maximum absolute atomic E-state index is 5.10. The molecular formula is C3H9NOSi. The number of rotatable bonds is 0. The highest BCUT2D eigenvalue weighted by molar-refractivity contribution is 6.23. The van der Waals surface area contributed by atoms with Gasteiger partial charge in [0.15, 0.2) is 0 Å². The van der Waals surface area contributed by atoms with Gasteiger partial charge in [-0.15, -0.1) is 0 Å². The second-order valence-electron chi connectivity index (χ2n) is 1.41. The molecule has 0 bridgehead atoms. The second kappa shape index (κ2) is 2.33. The topological polar surface area (TPSA) is 21.3 Å². The molecule has 2 nitrogen and oxygen atoms in total. The maximum atomic E-state index is 5.10. The fourth-order valence-corrected chi connectivity index (χ4v) is 1.40. The SMILES string of the molecule is C1CN[SiH2]OC1. The van der Waals surface area contributed by atoms with Gasteiger partial charge in [-0.2, -0.15) is 0 Å². The van der Waals surface area contributed by atoms with Gasteiger partial charge in [0.05, 0.1) is 0 Å². The Balaban J connectivity index is 2.00. The van der Waals surface area contributed by atoms with Crippen LogP contribution in [0.4, 0.5) is 0 Å². The predicted octanol–water partition coefficient (Wildman–Crippen LogP) is -1.00. The molecule has 6 heavy (non-hydrogen) atoms. The molecule has 0 aromatic rings. The van der Waals surface area contributed by atoms with E-state index in [0.717, 1.165) is 6.61 Å². The average Bonchev–Trinajstić information content (AvgIpc) is 1.72. The lowest BCUT2D eigenvalue weighted by Crippen LogP contribution is -2.29. The Morgan fingerprint density at radius 3 is 2.83 bits per heavy atom. The van der Waals surface area contributed by atoms with Gasteiger partial charge in [-0.3, -0.25) is 0 Å². The minimum Gasteiger partial charge on any atom is -0.408 e. The molecule has 1 heterocycles. The summed E-state index contributed by atoms with van der Waals surface area (Å²) < 4.78 is 5.10. The molecule has 0 amide bonds. The van der Waals surface area contributed by atoms with E-state index < -0.39 is 0 Å². The Morgan fingerprint density at radius 2 is 2.67 bits per heavy atom. The van der Waals surface area contributed by atoms with Crippen molar-refractivity contribution in [3.8, 4) is 0 Å². The summed E-state index contributed by atoms with van der Waals surface area (Å²) in [5.74, 6) is 0. The number of nitrogens with one attached hydrogen (secondary N) is 1. The lowest BCUT2D eigenvalue weighted by atomic mass is 10.5. The van der Waals surface area contributed by atoms with Gasteiger partial charge in [0, 0.05) is 6.61 Å². The minimum atomic E-state index is -0.242. The van der Waals surface area contributed by atoms with Gasteiger partial charge in [0.2, 0.25) is 9.92 Å². The maximum Gasteiger partial charge on any atom is 0.235 e. The second-order valence-corrected chi connectivity index (χ2v) is 2.60. The first kappa shape index (κ1) is 4.30. The molecule has 3 heteroatoms. The highest BCUT2D eigenvalue weighted by Crippen LogP contribution is 1.81. The molecule has 0 aliphatic carbocycles. The quantitative estimate of drug-likeness (QED) is 0.397. The van der Waals surface area contributed by atoms with Gasteiger partial charge < -0.3 is 9.41 Å². The van der Waals surface area contributed by atoms with Gasteiger partial charge in [0.25, 0.3) is 0 Å². The van der Waals surface area contributed by atoms with E-state index in [1.54, 1.807) is 0 Å². The Bertz CT molecular complexity index is 26.3. The average molecular weight is 103 g/mol. The largest absolute Gasteiger partial charge is 0.408 e. The van der Waals surface area contributed by atoms with Crippen LogP contribution in [0.15, 0.2) is 0 Å². The van der Waals surface area contributed by atoms with Crippen LogP contribution in [0.1, 0.15) is 6.42 Å². The van der Waals surface area contributed by atoms with Crippen molar-refractivity contribution < 1.29 is 4.43 Å². The summed E-state index contributed by atoms with van der Waals surface area (Å²) in [6, 6.07) is 0. The minimum absolute atomic E-state index is 0.242. The third-order valence-electron chi connectivity index (χ3n) is 0.846. The summed E-state index contributed by atoms with van der Waals surface area (Å²) in [5, 5.41) is 0. The van der Waals surface area contributed by atoms with Crippen LogP contribution in [-0.4, -0.2) is 23.1 Å². The fraction of sp³-hybridized carbons (Fsp3) is 1.00. The van der Waals surface area contributed by atoms with Crippen LogP contribution in [0.5, 0.6) is 0 Å². The van der Waals surface area contributed by atoms with Crippen molar-refractivity contribution in [2.45, 2.75) is 6.42 Å². The van der Waals surface area contributed by atoms with Crippen molar-refractivity contribution in [3.05, 3.63) is 0 Å². The summed E-state index contributed by atoms with van der Waals surface area (Å²) in [6.07, 6.45) is 1.20. The van der Waals surface area contributed by atoms with Crippen molar-refractivity contribution in [1.29, 1.82) is 0 Å². The molecule has 0 atom stereocenters. The summed E-state index contributed by atoms with van der Waals surface area (Å²) >= 11 is 0. The molecule has 1 aliphatic rings. The number of hydrogen-bond acceptors (Lipinski definition) is 2. The molecule has 1 saturated heterocycles. The predicted molar refractivity (Wildman–Crippen MR) is 27.1 cm³/mol. The zero-order valence-corrected chi connectivity index (χ0v) is 5.15. The van der Waals surface area contributed by atoms with E-state index in [0.29, 0.717) is 0 Å². The van der Waals surface area contributed by atoms with Crippen LogP contribution in [0, 0.1) is 0 Å². The Hall–Kier alpha value is 0.137. The van der Waals surface area contributed by atoms with Crippen molar-refractivity contribution in [3.63, 3.8) is 0 Å². The molecule has 1 N–H and O–H groups in total. The van der Waals surface area contributed by atoms with Crippen molar-refractivity contribution in [1.82, 2.24) is 4.98 Å². The standard InChI is InChI=1S/C3H9NOSi/c1-2-4-6-5-3-1/h4H,1-3,6H2. The molecule has 36 valence electrons. The van der Waals surface area contributed by atoms with Crippen molar-refractivity contribution >= 4 is 9.92 Å². The normalized spacial score (nSPS) is 28.0. The van der Waals surface area contributed by atoms with Crippen LogP contribution in [-0.2, 0) is 4.43 Å². The van der Waals surface area contributed by atoms with Gasteiger partial charge >= 0.3 is 0 Å². The van der Waals surface area contributed by atoms with E-state index in [2.05, 4.69) is 4.98 Å². The molecule has 0 spiro atoms. The number of hydrogen-bond donors (Lipinski definition) is 1. The Labute approximate surface area is 39.9 Å².